The Hall–Kier alpha value is -3.25. The van der Waals surface area contributed by atoms with E-state index in [1.165, 1.54) is 19.3 Å². The first-order valence-corrected chi connectivity index (χ1v) is 8.16. The van der Waals surface area contributed by atoms with E-state index in [2.05, 4.69) is 20.6 Å². The third-order valence-corrected chi connectivity index (χ3v) is 3.77. The quantitative estimate of drug-likeness (QED) is 0.656. The van der Waals surface area contributed by atoms with Crippen molar-refractivity contribution in [1.29, 1.82) is 0 Å². The van der Waals surface area contributed by atoms with Crippen molar-refractivity contribution in [1.82, 2.24) is 9.97 Å². The maximum absolute atomic E-state index is 12.2. The van der Waals surface area contributed by atoms with Crippen molar-refractivity contribution in [2.45, 2.75) is 6.92 Å². The van der Waals surface area contributed by atoms with Crippen molar-refractivity contribution >= 4 is 40.5 Å². The lowest BCUT2D eigenvalue weighted by Gasteiger charge is -2.07. The predicted octanol–water partition coefficient (Wildman–Crippen LogP) is 4.33. The van der Waals surface area contributed by atoms with Crippen LogP contribution < -0.4 is 10.6 Å². The number of rotatable bonds is 5. The second kappa shape index (κ2) is 7.76. The normalized spacial score (nSPS) is 10.2. The lowest BCUT2D eigenvalue weighted by atomic mass is 10.1. The molecule has 0 saturated carbocycles. The number of amides is 1. The molecule has 0 bridgehead atoms. The minimum absolute atomic E-state index is 0.00594. The Morgan fingerprint density at radius 1 is 0.962 bits per heavy atom. The highest BCUT2D eigenvalue weighted by molar-refractivity contribution is 6.30. The van der Waals surface area contributed by atoms with Gasteiger partial charge in [-0.3, -0.25) is 9.59 Å². The van der Waals surface area contributed by atoms with Crippen molar-refractivity contribution in [3.05, 3.63) is 77.2 Å². The Morgan fingerprint density at radius 2 is 1.73 bits per heavy atom. The van der Waals surface area contributed by atoms with Gasteiger partial charge >= 0.3 is 0 Å². The summed E-state index contributed by atoms with van der Waals surface area (Å²) in [5, 5.41) is 6.30. The average molecular weight is 367 g/mol. The van der Waals surface area contributed by atoms with Gasteiger partial charge in [-0.05, 0) is 49.4 Å². The van der Waals surface area contributed by atoms with Crippen LogP contribution in [0, 0.1) is 0 Å². The van der Waals surface area contributed by atoms with Crippen LogP contribution in [0.4, 0.5) is 17.2 Å². The van der Waals surface area contributed by atoms with Crippen LogP contribution in [0.15, 0.2) is 60.9 Å². The van der Waals surface area contributed by atoms with Crippen LogP contribution in [0.1, 0.15) is 27.8 Å². The first kappa shape index (κ1) is 17.6. The molecule has 0 fully saturated rings. The van der Waals surface area contributed by atoms with Gasteiger partial charge in [0.05, 0.1) is 12.4 Å². The molecule has 1 amide bonds. The van der Waals surface area contributed by atoms with Gasteiger partial charge in [0.2, 0.25) is 0 Å². The number of benzene rings is 2. The largest absolute Gasteiger partial charge is 0.339 e. The highest BCUT2D eigenvalue weighted by atomic mass is 35.5. The molecule has 0 aliphatic heterocycles. The van der Waals surface area contributed by atoms with Gasteiger partial charge in [0.25, 0.3) is 5.91 Å². The number of carbonyl (C=O) groups excluding carboxylic acids is 2. The molecule has 0 radical (unpaired) electrons. The molecule has 0 saturated heterocycles. The summed E-state index contributed by atoms with van der Waals surface area (Å²) < 4.78 is 0. The first-order chi connectivity index (χ1) is 12.5. The van der Waals surface area contributed by atoms with E-state index in [1.807, 2.05) is 0 Å². The van der Waals surface area contributed by atoms with Crippen LogP contribution in [-0.2, 0) is 0 Å². The number of aromatic nitrogens is 2. The molecular formula is C19H15ClN4O2. The minimum atomic E-state index is -0.378. The zero-order chi connectivity index (χ0) is 18.5. The third kappa shape index (κ3) is 4.43. The Labute approximate surface area is 155 Å². The fourth-order valence-corrected chi connectivity index (χ4v) is 2.40. The summed E-state index contributed by atoms with van der Waals surface area (Å²) in [5.74, 6) is 0.114. The first-order valence-electron chi connectivity index (χ1n) is 7.78. The van der Waals surface area contributed by atoms with E-state index in [0.717, 1.165) is 5.69 Å². The number of halogens is 1. The molecular weight excluding hydrogens is 352 g/mol. The van der Waals surface area contributed by atoms with Crippen LogP contribution in [0.25, 0.3) is 0 Å². The van der Waals surface area contributed by atoms with Gasteiger partial charge in [0.15, 0.2) is 5.78 Å². The maximum Gasteiger partial charge on any atom is 0.275 e. The van der Waals surface area contributed by atoms with Gasteiger partial charge in [-0.2, -0.15) is 0 Å². The van der Waals surface area contributed by atoms with E-state index in [9.17, 15) is 9.59 Å². The Morgan fingerprint density at radius 3 is 2.35 bits per heavy atom. The van der Waals surface area contributed by atoms with E-state index in [4.69, 9.17) is 11.6 Å². The SMILES string of the molecule is CC(=O)c1ccc(Nc2cnc(C(=O)Nc3cccc(Cl)c3)cn2)cc1. The third-order valence-electron chi connectivity index (χ3n) is 3.53. The highest BCUT2D eigenvalue weighted by Crippen LogP contribution is 2.17. The van der Waals surface area contributed by atoms with Crippen LogP contribution in [0.5, 0.6) is 0 Å². The summed E-state index contributed by atoms with van der Waals surface area (Å²) in [6.45, 7) is 1.51. The number of nitrogens with zero attached hydrogens (tertiary/aromatic N) is 2. The standard InChI is InChI=1S/C19H15ClN4O2/c1-12(25)13-5-7-15(8-6-13)23-18-11-21-17(10-22-18)19(26)24-16-4-2-3-14(20)9-16/h2-11H,1H3,(H,22,23)(H,24,26). The summed E-state index contributed by atoms with van der Waals surface area (Å²) in [7, 11) is 0. The maximum atomic E-state index is 12.2. The van der Waals surface area contributed by atoms with Crippen molar-refractivity contribution in [3.8, 4) is 0 Å². The molecule has 130 valence electrons. The Balaban J connectivity index is 1.66. The molecule has 0 unspecified atom stereocenters. The van der Waals surface area contributed by atoms with Gasteiger partial charge in [0, 0.05) is 22.0 Å². The molecule has 0 aliphatic carbocycles. The number of anilines is 3. The summed E-state index contributed by atoms with van der Waals surface area (Å²) in [5.41, 5.74) is 2.16. The number of hydrogen-bond acceptors (Lipinski definition) is 5. The number of nitrogens with one attached hydrogen (secondary N) is 2. The molecule has 0 spiro atoms. The predicted molar refractivity (Wildman–Crippen MR) is 101 cm³/mol. The Kier molecular flexibility index (Phi) is 5.24. The van der Waals surface area contributed by atoms with E-state index >= 15 is 0 Å². The van der Waals surface area contributed by atoms with E-state index in [0.29, 0.717) is 22.1 Å². The lowest BCUT2D eigenvalue weighted by Crippen LogP contribution is -2.14. The van der Waals surface area contributed by atoms with Gasteiger partial charge in [-0.15, -0.1) is 0 Å². The van der Waals surface area contributed by atoms with E-state index in [1.54, 1.807) is 48.5 Å². The Bertz CT molecular complexity index is 941. The van der Waals surface area contributed by atoms with E-state index in [-0.39, 0.29) is 17.4 Å². The molecule has 0 aliphatic rings. The molecule has 0 atom stereocenters. The van der Waals surface area contributed by atoms with Crippen molar-refractivity contribution < 1.29 is 9.59 Å². The molecule has 1 aromatic heterocycles. The zero-order valence-corrected chi connectivity index (χ0v) is 14.6. The molecule has 3 aromatic rings. The van der Waals surface area contributed by atoms with Crippen molar-refractivity contribution in [2.24, 2.45) is 0 Å². The van der Waals surface area contributed by atoms with Gasteiger partial charge in [-0.25, -0.2) is 9.97 Å². The average Bonchev–Trinajstić information content (AvgIpc) is 2.63. The number of carbonyl (C=O) groups is 2. The summed E-state index contributed by atoms with van der Waals surface area (Å²) in [6.07, 6.45) is 2.85. The van der Waals surface area contributed by atoms with Crippen LogP contribution in [0.2, 0.25) is 5.02 Å². The number of ketones is 1. The summed E-state index contributed by atoms with van der Waals surface area (Å²) >= 11 is 5.89. The van der Waals surface area contributed by atoms with Crippen LogP contribution in [0.3, 0.4) is 0 Å². The zero-order valence-electron chi connectivity index (χ0n) is 13.9. The van der Waals surface area contributed by atoms with Crippen LogP contribution in [-0.4, -0.2) is 21.7 Å². The molecule has 7 heteroatoms. The van der Waals surface area contributed by atoms with E-state index < -0.39 is 0 Å². The highest BCUT2D eigenvalue weighted by Gasteiger charge is 2.09. The van der Waals surface area contributed by atoms with Gasteiger partial charge < -0.3 is 10.6 Å². The molecule has 26 heavy (non-hydrogen) atoms. The summed E-state index contributed by atoms with van der Waals surface area (Å²) in [6, 6.07) is 13.9. The van der Waals surface area contributed by atoms with Crippen molar-refractivity contribution in [2.75, 3.05) is 10.6 Å². The topological polar surface area (TPSA) is 84.0 Å². The monoisotopic (exact) mass is 366 g/mol. The summed E-state index contributed by atoms with van der Waals surface area (Å²) in [4.78, 5) is 31.8. The number of hydrogen-bond donors (Lipinski definition) is 2. The second-order valence-corrected chi connectivity index (χ2v) is 5.95. The van der Waals surface area contributed by atoms with Gasteiger partial charge in [0.1, 0.15) is 11.5 Å². The smallest absolute Gasteiger partial charge is 0.275 e. The second-order valence-electron chi connectivity index (χ2n) is 5.51. The van der Waals surface area contributed by atoms with Crippen molar-refractivity contribution in [3.63, 3.8) is 0 Å². The molecule has 1 heterocycles. The van der Waals surface area contributed by atoms with Gasteiger partial charge in [-0.1, -0.05) is 17.7 Å². The molecule has 3 rings (SSSR count). The lowest BCUT2D eigenvalue weighted by molar-refractivity contribution is 0.101. The molecule has 2 N–H and O–H groups in total. The molecule has 6 nitrogen and oxygen atoms in total. The fraction of sp³-hybridized carbons (Fsp3) is 0.0526. The fourth-order valence-electron chi connectivity index (χ4n) is 2.21. The van der Waals surface area contributed by atoms with Crippen LogP contribution >= 0.6 is 11.6 Å². The number of Topliss-reactive ketones (excluding diaryl/α,β-unsaturated/α-hetero) is 1. The molecule has 2 aromatic carbocycles. The minimum Gasteiger partial charge on any atom is -0.339 e.